The van der Waals surface area contributed by atoms with Gasteiger partial charge in [0.05, 0.1) is 5.69 Å². The highest BCUT2D eigenvalue weighted by atomic mass is 32.2. The minimum atomic E-state index is 0.346. The number of thioether (sulfide) groups is 1. The maximum Gasteiger partial charge on any atom is 0.124 e. The van der Waals surface area contributed by atoms with Gasteiger partial charge in [-0.2, -0.15) is 11.8 Å². The van der Waals surface area contributed by atoms with Crippen LogP contribution in [0, 0.1) is 0 Å². The Bertz CT molecular complexity index is 368. The SMILES string of the molecule is CSCC(C)N(C)c1cccnc1C(N)=S. The van der Waals surface area contributed by atoms with Crippen molar-refractivity contribution in [3.63, 3.8) is 0 Å². The van der Waals surface area contributed by atoms with Gasteiger partial charge < -0.3 is 10.6 Å². The molecule has 0 amide bonds. The zero-order valence-electron chi connectivity index (χ0n) is 9.80. The predicted molar refractivity (Wildman–Crippen MR) is 76.4 cm³/mol. The zero-order chi connectivity index (χ0) is 12.1. The van der Waals surface area contributed by atoms with Gasteiger partial charge in [0, 0.05) is 25.0 Å². The monoisotopic (exact) mass is 255 g/mol. The Balaban J connectivity index is 2.98. The van der Waals surface area contributed by atoms with Gasteiger partial charge in [0.15, 0.2) is 0 Å². The van der Waals surface area contributed by atoms with Crippen molar-refractivity contribution in [2.45, 2.75) is 13.0 Å². The number of nitrogens with zero attached hydrogens (tertiary/aromatic N) is 2. The minimum absolute atomic E-state index is 0.346. The molecule has 1 atom stereocenters. The number of rotatable bonds is 5. The molecule has 0 saturated heterocycles. The minimum Gasteiger partial charge on any atom is -0.388 e. The summed E-state index contributed by atoms with van der Waals surface area (Å²) in [6, 6.07) is 4.32. The first-order valence-electron chi connectivity index (χ1n) is 5.04. The van der Waals surface area contributed by atoms with Crippen molar-refractivity contribution in [2.75, 3.05) is 24.0 Å². The van der Waals surface area contributed by atoms with Crippen LogP contribution in [-0.4, -0.2) is 35.1 Å². The highest BCUT2D eigenvalue weighted by Crippen LogP contribution is 2.20. The first-order valence-corrected chi connectivity index (χ1v) is 6.84. The Kier molecular flexibility index (Phi) is 5.02. The molecule has 16 heavy (non-hydrogen) atoms. The van der Waals surface area contributed by atoms with E-state index in [1.165, 1.54) is 0 Å². The second-order valence-corrected chi connectivity index (χ2v) is 5.00. The van der Waals surface area contributed by atoms with Crippen molar-refractivity contribution >= 4 is 34.7 Å². The number of aromatic nitrogens is 1. The molecule has 1 unspecified atom stereocenters. The van der Waals surface area contributed by atoms with Gasteiger partial charge in [-0.25, -0.2) is 0 Å². The Morgan fingerprint density at radius 1 is 1.69 bits per heavy atom. The molecular weight excluding hydrogens is 238 g/mol. The summed E-state index contributed by atoms with van der Waals surface area (Å²) in [6.45, 7) is 2.17. The summed E-state index contributed by atoms with van der Waals surface area (Å²) in [6.07, 6.45) is 3.81. The van der Waals surface area contributed by atoms with E-state index >= 15 is 0 Å². The normalized spacial score (nSPS) is 12.2. The zero-order valence-corrected chi connectivity index (χ0v) is 11.4. The molecule has 0 fully saturated rings. The van der Waals surface area contributed by atoms with Crippen LogP contribution in [0.2, 0.25) is 0 Å². The van der Waals surface area contributed by atoms with E-state index in [4.69, 9.17) is 18.0 Å². The molecule has 88 valence electrons. The fourth-order valence-corrected chi connectivity index (χ4v) is 2.33. The van der Waals surface area contributed by atoms with Crippen molar-refractivity contribution in [1.82, 2.24) is 4.98 Å². The van der Waals surface area contributed by atoms with Crippen molar-refractivity contribution < 1.29 is 0 Å². The third kappa shape index (κ3) is 3.09. The van der Waals surface area contributed by atoms with Crippen LogP contribution in [0.25, 0.3) is 0 Å². The van der Waals surface area contributed by atoms with E-state index in [1.54, 1.807) is 6.20 Å². The Hall–Kier alpha value is -0.810. The molecule has 0 aliphatic heterocycles. The van der Waals surface area contributed by atoms with Gasteiger partial charge in [-0.05, 0) is 25.3 Å². The highest BCUT2D eigenvalue weighted by molar-refractivity contribution is 7.98. The van der Waals surface area contributed by atoms with Crippen molar-refractivity contribution in [1.29, 1.82) is 0 Å². The average Bonchev–Trinajstić information content (AvgIpc) is 2.28. The summed E-state index contributed by atoms with van der Waals surface area (Å²) >= 11 is 6.82. The number of pyridine rings is 1. The third-order valence-electron chi connectivity index (χ3n) is 2.47. The summed E-state index contributed by atoms with van der Waals surface area (Å²) in [5, 5.41) is 0. The van der Waals surface area contributed by atoms with Crippen molar-refractivity contribution in [2.24, 2.45) is 5.73 Å². The Labute approximate surface area is 106 Å². The van der Waals surface area contributed by atoms with Crippen LogP contribution in [0.5, 0.6) is 0 Å². The van der Waals surface area contributed by atoms with Gasteiger partial charge in [0.2, 0.25) is 0 Å². The maximum absolute atomic E-state index is 5.66. The topological polar surface area (TPSA) is 42.2 Å². The van der Waals surface area contributed by atoms with E-state index in [-0.39, 0.29) is 0 Å². The largest absolute Gasteiger partial charge is 0.388 e. The molecule has 0 aromatic carbocycles. The Morgan fingerprint density at radius 3 is 2.94 bits per heavy atom. The van der Waals surface area contributed by atoms with Crippen LogP contribution in [0.4, 0.5) is 5.69 Å². The number of anilines is 1. The second-order valence-electron chi connectivity index (χ2n) is 3.65. The molecule has 1 heterocycles. The highest BCUT2D eigenvalue weighted by Gasteiger charge is 2.14. The molecule has 0 radical (unpaired) electrons. The van der Waals surface area contributed by atoms with E-state index in [0.717, 1.165) is 11.4 Å². The van der Waals surface area contributed by atoms with Crippen molar-refractivity contribution in [3.8, 4) is 0 Å². The molecule has 5 heteroatoms. The lowest BCUT2D eigenvalue weighted by atomic mass is 10.2. The first kappa shape index (κ1) is 13.3. The number of hydrogen-bond acceptors (Lipinski definition) is 4. The Morgan fingerprint density at radius 2 is 2.38 bits per heavy atom. The fraction of sp³-hybridized carbons (Fsp3) is 0.455. The quantitative estimate of drug-likeness (QED) is 0.814. The molecule has 0 saturated carbocycles. The van der Waals surface area contributed by atoms with E-state index in [0.29, 0.717) is 16.7 Å². The lowest BCUT2D eigenvalue weighted by Gasteiger charge is -2.27. The number of thiocarbonyl (C=S) groups is 1. The first-order chi connectivity index (χ1) is 7.57. The second kappa shape index (κ2) is 6.06. The molecular formula is C11H17N3S2. The van der Waals surface area contributed by atoms with Crippen LogP contribution in [-0.2, 0) is 0 Å². The summed E-state index contributed by atoms with van der Waals surface area (Å²) in [5.41, 5.74) is 7.36. The summed E-state index contributed by atoms with van der Waals surface area (Å²) in [4.78, 5) is 6.74. The molecule has 0 spiro atoms. The molecule has 0 bridgehead atoms. The van der Waals surface area contributed by atoms with Gasteiger partial charge in [0.25, 0.3) is 0 Å². The summed E-state index contributed by atoms with van der Waals surface area (Å²) in [5.74, 6) is 1.06. The fourth-order valence-electron chi connectivity index (χ4n) is 1.46. The van der Waals surface area contributed by atoms with Crippen LogP contribution >= 0.6 is 24.0 Å². The van der Waals surface area contributed by atoms with Gasteiger partial charge in [-0.1, -0.05) is 12.2 Å². The molecule has 0 aliphatic rings. The summed E-state index contributed by atoms with van der Waals surface area (Å²) < 4.78 is 0. The molecule has 1 aromatic rings. The lowest BCUT2D eigenvalue weighted by molar-refractivity contribution is 0.763. The lowest BCUT2D eigenvalue weighted by Crippen LogP contribution is -2.33. The third-order valence-corrected chi connectivity index (χ3v) is 3.48. The predicted octanol–water partition coefficient (Wildman–Crippen LogP) is 1.90. The van der Waals surface area contributed by atoms with Gasteiger partial charge >= 0.3 is 0 Å². The molecule has 2 N–H and O–H groups in total. The standard InChI is InChI=1S/C11H17N3S2/c1-8(7-16-3)14(2)9-5-4-6-13-10(9)11(12)15/h4-6,8H,7H2,1-3H3,(H2,12,15). The van der Waals surface area contributed by atoms with E-state index in [2.05, 4.69) is 23.1 Å². The van der Waals surface area contributed by atoms with Gasteiger partial charge in [-0.15, -0.1) is 0 Å². The molecule has 1 rings (SSSR count). The molecule has 1 aromatic heterocycles. The van der Waals surface area contributed by atoms with Crippen molar-refractivity contribution in [3.05, 3.63) is 24.0 Å². The van der Waals surface area contributed by atoms with Gasteiger partial charge in [-0.3, -0.25) is 4.98 Å². The molecule has 0 aliphatic carbocycles. The van der Waals surface area contributed by atoms with Crippen LogP contribution in [0.15, 0.2) is 18.3 Å². The van der Waals surface area contributed by atoms with Gasteiger partial charge in [0.1, 0.15) is 10.7 Å². The number of hydrogen-bond donors (Lipinski definition) is 1. The average molecular weight is 255 g/mol. The van der Waals surface area contributed by atoms with E-state index < -0.39 is 0 Å². The van der Waals surface area contributed by atoms with Crippen LogP contribution in [0.3, 0.4) is 0 Å². The maximum atomic E-state index is 5.66. The van der Waals surface area contributed by atoms with Crippen LogP contribution < -0.4 is 10.6 Å². The van der Waals surface area contributed by atoms with Crippen LogP contribution in [0.1, 0.15) is 12.6 Å². The van der Waals surface area contributed by atoms with E-state index in [1.807, 2.05) is 30.9 Å². The smallest absolute Gasteiger partial charge is 0.124 e. The number of nitrogens with two attached hydrogens (primary N) is 1. The van der Waals surface area contributed by atoms with E-state index in [9.17, 15) is 0 Å². The molecule has 3 nitrogen and oxygen atoms in total. The summed E-state index contributed by atoms with van der Waals surface area (Å²) in [7, 11) is 2.04.